The predicted octanol–water partition coefficient (Wildman–Crippen LogP) is 1.76. The van der Waals surface area contributed by atoms with Gasteiger partial charge in [-0.3, -0.25) is 14.6 Å². The monoisotopic (exact) mass is 356 g/mol. The van der Waals surface area contributed by atoms with Gasteiger partial charge in [0.05, 0.1) is 18.1 Å². The van der Waals surface area contributed by atoms with E-state index in [2.05, 4.69) is 20.2 Å². The standard InChI is InChI=1S/C13H13ClN4O4S/c1-2-22-13-6-11(16-17-13)18-23(20,21)10-3-7-4-12(19)15-9(7)5-8(10)14/h3,5-6H,2,4H2,1H3,(H,15,19)(H2,16,17,18). The smallest absolute Gasteiger partial charge is 0.264 e. The highest BCUT2D eigenvalue weighted by Crippen LogP contribution is 2.33. The number of aromatic nitrogens is 2. The Morgan fingerprint density at radius 1 is 1.39 bits per heavy atom. The van der Waals surface area contributed by atoms with Gasteiger partial charge in [-0.2, -0.15) is 0 Å². The first-order valence-electron chi connectivity index (χ1n) is 6.72. The molecule has 2 heterocycles. The van der Waals surface area contributed by atoms with Crippen LogP contribution in [0.2, 0.25) is 5.02 Å². The number of carbonyl (C=O) groups excluding carboxylic acids is 1. The van der Waals surface area contributed by atoms with Crippen LogP contribution < -0.4 is 14.8 Å². The molecule has 1 aliphatic heterocycles. The average molecular weight is 357 g/mol. The van der Waals surface area contributed by atoms with E-state index in [1.54, 1.807) is 6.92 Å². The average Bonchev–Trinajstić information content (AvgIpc) is 3.03. The third-order valence-electron chi connectivity index (χ3n) is 3.16. The third kappa shape index (κ3) is 3.10. The van der Waals surface area contributed by atoms with E-state index >= 15 is 0 Å². The Balaban J connectivity index is 1.90. The van der Waals surface area contributed by atoms with Crippen LogP contribution in [0.15, 0.2) is 23.1 Å². The van der Waals surface area contributed by atoms with Crippen molar-refractivity contribution in [3.8, 4) is 5.88 Å². The van der Waals surface area contributed by atoms with Crippen LogP contribution in [-0.2, 0) is 21.2 Å². The van der Waals surface area contributed by atoms with Crippen LogP contribution in [-0.4, -0.2) is 31.1 Å². The summed E-state index contributed by atoms with van der Waals surface area (Å²) in [5.41, 5.74) is 1.11. The number of amides is 1. The topological polar surface area (TPSA) is 113 Å². The summed E-state index contributed by atoms with van der Waals surface area (Å²) in [4.78, 5) is 11.3. The highest BCUT2D eigenvalue weighted by molar-refractivity contribution is 7.92. The number of benzene rings is 1. The number of aromatic amines is 1. The molecule has 3 N–H and O–H groups in total. The summed E-state index contributed by atoms with van der Waals surface area (Å²) in [6.45, 7) is 2.20. The molecule has 122 valence electrons. The predicted molar refractivity (Wildman–Crippen MR) is 84.4 cm³/mol. The Morgan fingerprint density at radius 3 is 2.91 bits per heavy atom. The molecule has 0 fully saturated rings. The molecule has 0 atom stereocenters. The summed E-state index contributed by atoms with van der Waals surface area (Å²) < 4.78 is 32.5. The van der Waals surface area contributed by atoms with Gasteiger partial charge in [0, 0.05) is 11.8 Å². The molecule has 0 saturated heterocycles. The van der Waals surface area contributed by atoms with Crippen molar-refractivity contribution in [1.82, 2.24) is 10.2 Å². The minimum absolute atomic E-state index is 0.0167. The minimum Gasteiger partial charge on any atom is -0.477 e. The van der Waals surface area contributed by atoms with Crippen LogP contribution in [0.1, 0.15) is 12.5 Å². The van der Waals surface area contributed by atoms with Gasteiger partial charge in [-0.15, -0.1) is 5.10 Å². The van der Waals surface area contributed by atoms with Crippen molar-refractivity contribution in [3.05, 3.63) is 28.8 Å². The fraction of sp³-hybridized carbons (Fsp3) is 0.231. The van der Waals surface area contributed by atoms with Crippen molar-refractivity contribution in [2.24, 2.45) is 0 Å². The molecule has 1 amide bonds. The zero-order chi connectivity index (χ0) is 16.6. The second-order valence-corrected chi connectivity index (χ2v) is 6.88. The lowest BCUT2D eigenvalue weighted by Gasteiger charge is -2.09. The van der Waals surface area contributed by atoms with Crippen molar-refractivity contribution in [3.63, 3.8) is 0 Å². The Hall–Kier alpha value is -2.26. The summed E-state index contributed by atoms with van der Waals surface area (Å²) in [5, 5.41) is 8.96. The maximum absolute atomic E-state index is 12.5. The van der Waals surface area contributed by atoms with E-state index in [4.69, 9.17) is 16.3 Å². The second kappa shape index (κ2) is 5.74. The first-order chi connectivity index (χ1) is 10.9. The third-order valence-corrected chi connectivity index (χ3v) is 4.99. The van der Waals surface area contributed by atoms with Crippen LogP contribution >= 0.6 is 11.6 Å². The molecule has 0 aliphatic carbocycles. The second-order valence-electron chi connectivity index (χ2n) is 4.82. The summed E-state index contributed by atoms with van der Waals surface area (Å²) in [5.74, 6) is 0.229. The number of rotatable bonds is 5. The molecule has 1 aromatic carbocycles. The van der Waals surface area contributed by atoms with Gasteiger partial charge in [0.1, 0.15) is 10.7 Å². The Labute approximate surface area is 137 Å². The van der Waals surface area contributed by atoms with Crippen molar-refractivity contribution >= 4 is 39.0 Å². The van der Waals surface area contributed by atoms with Gasteiger partial charge in [-0.1, -0.05) is 11.6 Å². The first-order valence-corrected chi connectivity index (χ1v) is 8.58. The van der Waals surface area contributed by atoms with Crippen LogP contribution in [0.4, 0.5) is 11.5 Å². The Bertz CT molecular complexity index is 878. The Kier molecular flexibility index (Phi) is 3.90. The fourth-order valence-electron chi connectivity index (χ4n) is 2.21. The number of hydrogen-bond acceptors (Lipinski definition) is 5. The van der Waals surface area contributed by atoms with Gasteiger partial charge in [0.25, 0.3) is 10.0 Å². The van der Waals surface area contributed by atoms with Gasteiger partial charge >= 0.3 is 0 Å². The van der Waals surface area contributed by atoms with Crippen molar-refractivity contribution in [1.29, 1.82) is 0 Å². The van der Waals surface area contributed by atoms with E-state index < -0.39 is 10.0 Å². The Morgan fingerprint density at radius 2 is 2.17 bits per heavy atom. The number of H-pyrrole nitrogens is 1. The fourth-order valence-corrected chi connectivity index (χ4v) is 3.79. The molecular formula is C13H13ClN4O4S. The van der Waals surface area contributed by atoms with Crippen molar-refractivity contribution in [2.75, 3.05) is 16.6 Å². The number of carbonyl (C=O) groups is 1. The molecule has 0 unspecified atom stereocenters. The van der Waals surface area contributed by atoms with E-state index in [-0.39, 0.29) is 33.9 Å². The highest BCUT2D eigenvalue weighted by Gasteiger charge is 2.25. The highest BCUT2D eigenvalue weighted by atomic mass is 35.5. The molecular weight excluding hydrogens is 344 g/mol. The summed E-state index contributed by atoms with van der Waals surface area (Å²) >= 11 is 6.04. The van der Waals surface area contributed by atoms with Crippen LogP contribution in [0.3, 0.4) is 0 Å². The summed E-state index contributed by atoms with van der Waals surface area (Å²) in [6, 6.07) is 4.24. The van der Waals surface area contributed by atoms with Gasteiger partial charge in [0.2, 0.25) is 11.8 Å². The SMILES string of the molecule is CCOc1cc(NS(=O)(=O)c2cc3c(cc2Cl)NC(=O)C3)[nH]n1. The van der Waals surface area contributed by atoms with E-state index in [9.17, 15) is 13.2 Å². The van der Waals surface area contributed by atoms with E-state index in [1.807, 2.05) is 0 Å². The van der Waals surface area contributed by atoms with Gasteiger partial charge in [-0.05, 0) is 24.6 Å². The molecule has 0 bridgehead atoms. The lowest BCUT2D eigenvalue weighted by atomic mass is 10.2. The number of ether oxygens (including phenoxy) is 1. The molecule has 1 aliphatic rings. The van der Waals surface area contributed by atoms with Gasteiger partial charge in [-0.25, -0.2) is 8.42 Å². The number of hydrogen-bond donors (Lipinski definition) is 3. The molecule has 8 nitrogen and oxygen atoms in total. The van der Waals surface area contributed by atoms with E-state index in [0.29, 0.717) is 17.9 Å². The zero-order valence-corrected chi connectivity index (χ0v) is 13.6. The molecule has 2 aromatic rings. The van der Waals surface area contributed by atoms with Gasteiger partial charge < -0.3 is 10.1 Å². The molecule has 1 aromatic heterocycles. The number of nitrogens with zero attached hydrogens (tertiary/aromatic N) is 1. The largest absolute Gasteiger partial charge is 0.477 e. The molecule has 3 rings (SSSR count). The number of sulfonamides is 1. The number of nitrogens with one attached hydrogen (secondary N) is 3. The van der Waals surface area contributed by atoms with Crippen molar-refractivity contribution in [2.45, 2.75) is 18.2 Å². The van der Waals surface area contributed by atoms with Crippen LogP contribution in [0, 0.1) is 0 Å². The van der Waals surface area contributed by atoms with Gasteiger partial charge in [0.15, 0.2) is 0 Å². The molecule has 0 saturated carbocycles. The first kappa shape index (κ1) is 15.6. The normalized spacial score (nSPS) is 13.6. The lowest BCUT2D eigenvalue weighted by Crippen LogP contribution is -2.14. The summed E-state index contributed by atoms with van der Waals surface area (Å²) in [6.07, 6.45) is 0.119. The number of anilines is 2. The lowest BCUT2D eigenvalue weighted by molar-refractivity contribution is -0.115. The van der Waals surface area contributed by atoms with Crippen LogP contribution in [0.5, 0.6) is 5.88 Å². The summed E-state index contributed by atoms with van der Waals surface area (Å²) in [7, 11) is -3.93. The molecule has 0 spiro atoms. The van der Waals surface area contributed by atoms with E-state index in [0.717, 1.165) is 0 Å². The minimum atomic E-state index is -3.93. The molecule has 10 heteroatoms. The zero-order valence-electron chi connectivity index (χ0n) is 12.0. The number of halogens is 1. The maximum atomic E-state index is 12.5. The van der Waals surface area contributed by atoms with E-state index in [1.165, 1.54) is 18.2 Å². The van der Waals surface area contributed by atoms with Crippen molar-refractivity contribution < 1.29 is 17.9 Å². The van der Waals surface area contributed by atoms with Crippen LogP contribution in [0.25, 0.3) is 0 Å². The molecule has 23 heavy (non-hydrogen) atoms. The number of fused-ring (bicyclic) bond motifs is 1. The quantitative estimate of drug-likeness (QED) is 0.755. The molecule has 0 radical (unpaired) electrons. The maximum Gasteiger partial charge on any atom is 0.264 e.